The number of aromatic hydroxyl groups is 1. The van der Waals surface area contributed by atoms with Crippen LogP contribution in [0.5, 0.6) is 5.75 Å². The number of benzene rings is 2. The van der Waals surface area contributed by atoms with E-state index < -0.39 is 5.91 Å². The van der Waals surface area contributed by atoms with E-state index >= 15 is 0 Å². The highest BCUT2D eigenvalue weighted by Crippen LogP contribution is 2.26. The van der Waals surface area contributed by atoms with Gasteiger partial charge in [0.25, 0.3) is 5.91 Å². The Balaban J connectivity index is 1.78. The number of aryl methyl sites for hydroxylation is 1. The first kappa shape index (κ1) is 21.0. The smallest absolute Gasteiger partial charge is 0.252 e. The first-order valence-corrected chi connectivity index (χ1v) is 11.0. The van der Waals surface area contributed by atoms with Gasteiger partial charge in [-0.05, 0) is 49.1 Å². The normalized spacial score (nSPS) is 16.9. The molecule has 0 aliphatic carbocycles. The molecule has 0 radical (unpaired) electrons. The molecule has 3 N–H and O–H groups in total. The molecule has 1 fully saturated rings. The van der Waals surface area contributed by atoms with Crippen LogP contribution in [0.15, 0.2) is 57.9 Å². The van der Waals surface area contributed by atoms with Gasteiger partial charge in [-0.15, -0.1) is 11.3 Å². The molecular weight excluding hydrogens is 412 g/mol. The van der Waals surface area contributed by atoms with E-state index in [1.165, 1.54) is 17.4 Å². The molecule has 0 saturated carbocycles. The van der Waals surface area contributed by atoms with E-state index in [-0.39, 0.29) is 17.4 Å². The largest absolute Gasteiger partial charge is 0.507 e. The van der Waals surface area contributed by atoms with Crippen LogP contribution in [0.4, 0.5) is 0 Å². The average Bonchev–Trinajstić information content (AvgIpc) is 3.41. The second kappa shape index (κ2) is 9.28. The summed E-state index contributed by atoms with van der Waals surface area (Å²) in [5, 5.41) is 16.6. The first-order valence-electron chi connectivity index (χ1n) is 10.1. The zero-order valence-corrected chi connectivity index (χ0v) is 18.0. The second-order valence-corrected chi connectivity index (χ2v) is 8.22. The number of nitrogens with two attached hydrogens (primary N) is 1. The van der Waals surface area contributed by atoms with Gasteiger partial charge in [-0.2, -0.15) is 5.10 Å². The van der Waals surface area contributed by atoms with E-state index in [0.29, 0.717) is 12.1 Å². The van der Waals surface area contributed by atoms with Crippen molar-refractivity contribution in [2.45, 2.75) is 25.9 Å². The van der Waals surface area contributed by atoms with E-state index in [9.17, 15) is 9.90 Å². The SMILES string of the molecule is Cc1ccccc1/C=N/n1c(-c2ccc(O)c(C(N)=O)c2)csc1=NCC1CCCO1. The Labute approximate surface area is 184 Å². The van der Waals surface area contributed by atoms with Crippen LogP contribution in [0.2, 0.25) is 0 Å². The molecule has 1 unspecified atom stereocenters. The number of aromatic nitrogens is 1. The lowest BCUT2D eigenvalue weighted by Gasteiger charge is -2.08. The Morgan fingerprint density at radius 1 is 1.35 bits per heavy atom. The van der Waals surface area contributed by atoms with Crippen LogP contribution in [-0.4, -0.2) is 41.2 Å². The summed E-state index contributed by atoms with van der Waals surface area (Å²) in [6.07, 6.45) is 4.00. The maximum atomic E-state index is 11.7. The summed E-state index contributed by atoms with van der Waals surface area (Å²) in [6.45, 7) is 3.38. The van der Waals surface area contributed by atoms with Crippen LogP contribution in [0.3, 0.4) is 0 Å². The number of carbonyl (C=O) groups is 1. The second-order valence-electron chi connectivity index (χ2n) is 7.39. The molecule has 31 heavy (non-hydrogen) atoms. The zero-order chi connectivity index (χ0) is 21.8. The van der Waals surface area contributed by atoms with Crippen LogP contribution in [0.1, 0.15) is 34.3 Å². The van der Waals surface area contributed by atoms with Gasteiger partial charge in [-0.1, -0.05) is 24.3 Å². The average molecular weight is 437 g/mol. The van der Waals surface area contributed by atoms with E-state index in [1.807, 2.05) is 36.6 Å². The van der Waals surface area contributed by atoms with Crippen LogP contribution in [-0.2, 0) is 4.74 Å². The molecule has 0 bridgehead atoms. The lowest BCUT2D eigenvalue weighted by Crippen LogP contribution is -2.17. The summed E-state index contributed by atoms with van der Waals surface area (Å²) in [5.41, 5.74) is 9.05. The Kier molecular flexibility index (Phi) is 6.29. The molecule has 7 nitrogen and oxygen atoms in total. The molecule has 8 heteroatoms. The van der Waals surface area contributed by atoms with Crippen molar-refractivity contribution in [2.24, 2.45) is 15.8 Å². The molecule has 1 atom stereocenters. The van der Waals surface area contributed by atoms with E-state index in [4.69, 9.17) is 20.6 Å². The van der Waals surface area contributed by atoms with Crippen molar-refractivity contribution in [3.05, 3.63) is 69.3 Å². The molecule has 1 aliphatic heterocycles. The summed E-state index contributed by atoms with van der Waals surface area (Å²) < 4.78 is 7.44. The molecule has 0 spiro atoms. The number of hydrogen-bond donors (Lipinski definition) is 2. The number of primary amides is 1. The summed E-state index contributed by atoms with van der Waals surface area (Å²) in [4.78, 5) is 17.2. The number of hydrogen-bond acceptors (Lipinski definition) is 6. The fourth-order valence-corrected chi connectivity index (χ4v) is 4.28. The number of rotatable bonds is 6. The van der Waals surface area contributed by atoms with Crippen LogP contribution < -0.4 is 10.5 Å². The van der Waals surface area contributed by atoms with E-state index in [0.717, 1.165) is 41.1 Å². The summed E-state index contributed by atoms with van der Waals surface area (Å²) in [5.74, 6) is -0.836. The molecule has 2 aromatic carbocycles. The Morgan fingerprint density at radius 3 is 2.94 bits per heavy atom. The van der Waals surface area contributed by atoms with Gasteiger partial charge in [-0.3, -0.25) is 9.79 Å². The minimum Gasteiger partial charge on any atom is -0.507 e. The van der Waals surface area contributed by atoms with Gasteiger partial charge in [0.1, 0.15) is 5.75 Å². The van der Waals surface area contributed by atoms with Gasteiger partial charge < -0.3 is 15.6 Å². The van der Waals surface area contributed by atoms with Crippen LogP contribution in [0, 0.1) is 6.92 Å². The first-order chi connectivity index (χ1) is 15.0. The van der Waals surface area contributed by atoms with Gasteiger partial charge in [-0.25, -0.2) is 4.68 Å². The number of phenols is 1. The molecule has 160 valence electrons. The number of nitrogens with zero attached hydrogens (tertiary/aromatic N) is 3. The highest BCUT2D eigenvalue weighted by molar-refractivity contribution is 7.07. The molecule has 3 aromatic rings. The standard InChI is InChI=1S/C23H24N4O3S/c1-15-5-2-3-6-17(15)12-26-27-20(16-8-9-21(28)19(11-16)22(24)29)14-31-23(27)25-13-18-7-4-10-30-18/h2-3,5-6,8-9,11-12,14,18,28H,4,7,10,13H2,1H3,(H2,24,29)/b25-23?,26-12+. The van der Waals surface area contributed by atoms with Gasteiger partial charge in [0.05, 0.1) is 30.1 Å². The van der Waals surface area contributed by atoms with Crippen molar-refractivity contribution in [1.29, 1.82) is 0 Å². The number of ether oxygens (including phenoxy) is 1. The summed E-state index contributed by atoms with van der Waals surface area (Å²) in [6, 6.07) is 12.8. The number of amides is 1. The van der Waals surface area contributed by atoms with Gasteiger partial charge in [0.2, 0.25) is 4.80 Å². The van der Waals surface area contributed by atoms with Crippen molar-refractivity contribution in [2.75, 3.05) is 13.2 Å². The predicted octanol–water partition coefficient (Wildman–Crippen LogP) is 3.29. The van der Waals surface area contributed by atoms with Crippen LogP contribution in [0.25, 0.3) is 11.3 Å². The Hall–Kier alpha value is -3.23. The highest BCUT2D eigenvalue weighted by atomic mass is 32.1. The molecular formula is C23H24N4O3S. The third kappa shape index (κ3) is 4.76. The minimum atomic E-state index is -0.687. The molecule has 1 amide bonds. The summed E-state index contributed by atoms with van der Waals surface area (Å²) >= 11 is 1.46. The Bertz CT molecular complexity index is 1190. The van der Waals surface area contributed by atoms with Crippen molar-refractivity contribution < 1.29 is 14.6 Å². The molecule has 1 aliphatic rings. The predicted molar refractivity (Wildman–Crippen MR) is 122 cm³/mol. The molecule has 1 saturated heterocycles. The van der Waals surface area contributed by atoms with E-state index in [1.54, 1.807) is 23.0 Å². The number of carbonyl (C=O) groups excluding carboxylic acids is 1. The highest BCUT2D eigenvalue weighted by Gasteiger charge is 2.16. The lowest BCUT2D eigenvalue weighted by atomic mass is 10.1. The maximum absolute atomic E-state index is 11.7. The van der Waals surface area contributed by atoms with E-state index in [2.05, 4.69) is 0 Å². The quantitative estimate of drug-likeness (QED) is 0.580. The number of thiazole rings is 1. The molecule has 1 aromatic heterocycles. The fourth-order valence-electron chi connectivity index (χ4n) is 3.43. The topological polar surface area (TPSA) is 102 Å². The molecule has 4 rings (SSSR count). The van der Waals surface area contributed by atoms with Gasteiger partial charge >= 0.3 is 0 Å². The van der Waals surface area contributed by atoms with Crippen molar-refractivity contribution in [3.63, 3.8) is 0 Å². The lowest BCUT2D eigenvalue weighted by molar-refractivity contribution is 0.0997. The summed E-state index contributed by atoms with van der Waals surface area (Å²) in [7, 11) is 0. The Morgan fingerprint density at radius 2 is 2.19 bits per heavy atom. The maximum Gasteiger partial charge on any atom is 0.252 e. The van der Waals surface area contributed by atoms with Gasteiger partial charge in [0.15, 0.2) is 0 Å². The van der Waals surface area contributed by atoms with Crippen molar-refractivity contribution in [3.8, 4) is 17.0 Å². The third-order valence-electron chi connectivity index (χ3n) is 5.20. The zero-order valence-electron chi connectivity index (χ0n) is 17.2. The monoisotopic (exact) mass is 436 g/mol. The molecule has 2 heterocycles. The minimum absolute atomic E-state index is 0.0657. The fraction of sp³-hybridized carbons (Fsp3) is 0.261. The van der Waals surface area contributed by atoms with Crippen molar-refractivity contribution >= 4 is 23.5 Å². The van der Waals surface area contributed by atoms with Crippen molar-refractivity contribution in [1.82, 2.24) is 4.68 Å². The van der Waals surface area contributed by atoms with Gasteiger partial charge in [0, 0.05) is 17.6 Å². The third-order valence-corrected chi connectivity index (χ3v) is 6.05. The van der Waals surface area contributed by atoms with Crippen LogP contribution >= 0.6 is 11.3 Å².